The van der Waals surface area contributed by atoms with Crippen molar-refractivity contribution in [1.29, 1.82) is 0 Å². The number of rotatable bonds is 5. The van der Waals surface area contributed by atoms with Gasteiger partial charge < -0.3 is 5.11 Å². The van der Waals surface area contributed by atoms with Crippen LogP contribution in [0.25, 0.3) is 6.08 Å². The van der Waals surface area contributed by atoms with E-state index < -0.39 is 5.60 Å². The number of ketones is 1. The average Bonchev–Trinajstić information content (AvgIpc) is 2.26. The second-order valence-corrected chi connectivity index (χ2v) is 4.29. The Morgan fingerprint density at radius 2 is 2.00 bits per heavy atom. The van der Waals surface area contributed by atoms with Gasteiger partial charge in [-0.1, -0.05) is 36.4 Å². The van der Waals surface area contributed by atoms with Gasteiger partial charge in [-0.3, -0.25) is 4.79 Å². The van der Waals surface area contributed by atoms with E-state index in [-0.39, 0.29) is 5.78 Å². The number of benzene rings is 1. The van der Waals surface area contributed by atoms with Crippen LogP contribution in [0.2, 0.25) is 0 Å². The van der Waals surface area contributed by atoms with E-state index in [0.717, 1.165) is 5.56 Å². The lowest BCUT2D eigenvalue weighted by atomic mass is 9.88. The minimum absolute atomic E-state index is 0.124. The van der Waals surface area contributed by atoms with E-state index in [1.807, 2.05) is 30.3 Å². The summed E-state index contributed by atoms with van der Waals surface area (Å²) in [6.45, 7) is 6.69. The molecule has 0 bridgehead atoms. The third-order valence-corrected chi connectivity index (χ3v) is 2.61. The van der Waals surface area contributed by atoms with Crippen molar-refractivity contribution in [3.63, 3.8) is 0 Å². The molecule has 0 aliphatic carbocycles. The number of Topliss-reactive ketones (excluding diaryl/α,β-unsaturated/α-hetero) is 1. The zero-order valence-corrected chi connectivity index (χ0v) is 10.3. The number of hydrogen-bond donors (Lipinski definition) is 1. The third-order valence-electron chi connectivity index (χ3n) is 2.61. The molecule has 1 rings (SSSR count). The van der Waals surface area contributed by atoms with Crippen LogP contribution in [-0.4, -0.2) is 16.5 Å². The fourth-order valence-electron chi connectivity index (χ4n) is 1.74. The topological polar surface area (TPSA) is 37.3 Å². The summed E-state index contributed by atoms with van der Waals surface area (Å²) < 4.78 is 0. The molecule has 0 spiro atoms. The number of aliphatic hydroxyl groups is 1. The van der Waals surface area contributed by atoms with Gasteiger partial charge in [0.2, 0.25) is 0 Å². The molecule has 0 aromatic heterocycles. The Morgan fingerprint density at radius 3 is 2.47 bits per heavy atom. The summed E-state index contributed by atoms with van der Waals surface area (Å²) in [6.07, 6.45) is 3.69. The minimum atomic E-state index is -1.16. The Kier molecular flexibility index (Phi) is 4.41. The molecule has 0 saturated carbocycles. The fourth-order valence-corrected chi connectivity index (χ4v) is 1.74. The van der Waals surface area contributed by atoms with E-state index in [1.165, 1.54) is 6.92 Å². The maximum atomic E-state index is 11.6. The van der Waals surface area contributed by atoms with Crippen molar-refractivity contribution in [2.24, 2.45) is 0 Å². The van der Waals surface area contributed by atoms with Crippen molar-refractivity contribution < 1.29 is 9.90 Å². The van der Waals surface area contributed by atoms with E-state index in [9.17, 15) is 9.90 Å². The molecule has 1 atom stereocenters. The van der Waals surface area contributed by atoms with Gasteiger partial charge in [0, 0.05) is 5.57 Å². The largest absolute Gasteiger partial charge is 0.385 e. The molecule has 2 heteroatoms. The normalized spacial score (nSPS) is 15.1. The minimum Gasteiger partial charge on any atom is -0.385 e. The highest BCUT2D eigenvalue weighted by Gasteiger charge is 2.27. The molecular formula is C15H18O2. The second-order valence-electron chi connectivity index (χ2n) is 4.29. The molecule has 17 heavy (non-hydrogen) atoms. The first-order valence-corrected chi connectivity index (χ1v) is 5.59. The van der Waals surface area contributed by atoms with Crippen LogP contribution in [0.3, 0.4) is 0 Å². The van der Waals surface area contributed by atoms with Crippen molar-refractivity contribution in [3.05, 3.63) is 54.1 Å². The van der Waals surface area contributed by atoms with Crippen LogP contribution >= 0.6 is 0 Å². The average molecular weight is 230 g/mol. The fraction of sp³-hybridized carbons (Fsp3) is 0.267. The zero-order chi connectivity index (χ0) is 12.9. The Bertz CT molecular complexity index is 427. The summed E-state index contributed by atoms with van der Waals surface area (Å²) in [5.41, 5.74) is 0.148. The standard InChI is InChI=1S/C15H18O2/c1-4-10-15(3,17)14(12(2)16)11-13-8-6-5-7-9-13/h4-9,11,17H,1,10H2,2-3H3/b14-11+. The molecule has 1 N–H and O–H groups in total. The summed E-state index contributed by atoms with van der Waals surface area (Å²) in [5, 5.41) is 10.2. The van der Waals surface area contributed by atoms with Crippen molar-refractivity contribution >= 4 is 11.9 Å². The number of hydrogen-bond acceptors (Lipinski definition) is 2. The maximum Gasteiger partial charge on any atom is 0.158 e. The van der Waals surface area contributed by atoms with Gasteiger partial charge in [-0.2, -0.15) is 0 Å². The molecule has 0 fully saturated rings. The van der Waals surface area contributed by atoms with Gasteiger partial charge in [-0.15, -0.1) is 6.58 Å². The van der Waals surface area contributed by atoms with E-state index in [2.05, 4.69) is 6.58 Å². The van der Waals surface area contributed by atoms with Crippen LogP contribution in [0.1, 0.15) is 25.8 Å². The lowest BCUT2D eigenvalue weighted by molar-refractivity contribution is -0.115. The van der Waals surface area contributed by atoms with Crippen LogP contribution in [0.4, 0.5) is 0 Å². The molecule has 0 amide bonds. The highest BCUT2D eigenvalue weighted by molar-refractivity contribution is 5.99. The zero-order valence-electron chi connectivity index (χ0n) is 10.3. The lowest BCUT2D eigenvalue weighted by Gasteiger charge is -2.23. The molecule has 0 radical (unpaired) electrons. The van der Waals surface area contributed by atoms with E-state index in [1.54, 1.807) is 19.1 Å². The van der Waals surface area contributed by atoms with Gasteiger partial charge in [-0.05, 0) is 31.9 Å². The van der Waals surface area contributed by atoms with Gasteiger partial charge >= 0.3 is 0 Å². The van der Waals surface area contributed by atoms with Crippen molar-refractivity contribution in [2.45, 2.75) is 25.9 Å². The first-order chi connectivity index (χ1) is 7.97. The maximum absolute atomic E-state index is 11.6. The summed E-state index contributed by atoms with van der Waals surface area (Å²) in [6, 6.07) is 9.49. The molecule has 2 nitrogen and oxygen atoms in total. The van der Waals surface area contributed by atoms with Gasteiger partial charge in [0.15, 0.2) is 5.78 Å². The number of carbonyl (C=O) groups excluding carboxylic acids is 1. The second kappa shape index (κ2) is 5.60. The predicted molar refractivity (Wildman–Crippen MR) is 70.5 cm³/mol. The van der Waals surface area contributed by atoms with E-state index >= 15 is 0 Å². The molecule has 1 aromatic carbocycles. The molecule has 0 aliphatic rings. The van der Waals surface area contributed by atoms with Crippen LogP contribution in [0.5, 0.6) is 0 Å². The summed E-state index contributed by atoms with van der Waals surface area (Å²) in [4.78, 5) is 11.6. The van der Waals surface area contributed by atoms with E-state index in [4.69, 9.17) is 0 Å². The Balaban J connectivity index is 3.14. The molecule has 0 saturated heterocycles. The lowest BCUT2D eigenvalue weighted by Crippen LogP contribution is -2.29. The van der Waals surface area contributed by atoms with Gasteiger partial charge in [-0.25, -0.2) is 0 Å². The molecule has 0 heterocycles. The molecule has 90 valence electrons. The molecule has 1 unspecified atom stereocenters. The van der Waals surface area contributed by atoms with Crippen molar-refractivity contribution in [3.8, 4) is 0 Å². The predicted octanol–water partition coefficient (Wildman–Crippen LogP) is 2.99. The highest BCUT2D eigenvalue weighted by atomic mass is 16.3. The van der Waals surface area contributed by atoms with Gasteiger partial charge in [0.1, 0.15) is 0 Å². The highest BCUT2D eigenvalue weighted by Crippen LogP contribution is 2.24. The Morgan fingerprint density at radius 1 is 1.41 bits per heavy atom. The smallest absolute Gasteiger partial charge is 0.158 e. The summed E-state index contributed by atoms with van der Waals surface area (Å²) in [5.74, 6) is -0.124. The Labute approximate surface area is 102 Å². The molecular weight excluding hydrogens is 212 g/mol. The van der Waals surface area contributed by atoms with Crippen molar-refractivity contribution in [2.75, 3.05) is 0 Å². The van der Waals surface area contributed by atoms with Gasteiger partial charge in [0.05, 0.1) is 5.60 Å². The quantitative estimate of drug-likeness (QED) is 0.623. The Hall–Kier alpha value is -1.67. The molecule has 1 aromatic rings. The van der Waals surface area contributed by atoms with Crippen LogP contribution in [-0.2, 0) is 4.79 Å². The van der Waals surface area contributed by atoms with E-state index in [0.29, 0.717) is 12.0 Å². The monoisotopic (exact) mass is 230 g/mol. The van der Waals surface area contributed by atoms with Crippen LogP contribution in [0, 0.1) is 0 Å². The SMILES string of the molecule is C=CCC(C)(O)/C(=C/c1ccccc1)C(C)=O. The summed E-state index contributed by atoms with van der Waals surface area (Å²) >= 11 is 0. The first-order valence-electron chi connectivity index (χ1n) is 5.59. The van der Waals surface area contributed by atoms with Crippen LogP contribution in [0.15, 0.2) is 48.6 Å². The van der Waals surface area contributed by atoms with Crippen molar-refractivity contribution in [1.82, 2.24) is 0 Å². The molecule has 0 aliphatic heterocycles. The van der Waals surface area contributed by atoms with Gasteiger partial charge in [0.25, 0.3) is 0 Å². The third kappa shape index (κ3) is 3.68. The number of carbonyl (C=O) groups is 1. The van der Waals surface area contributed by atoms with Crippen LogP contribution < -0.4 is 0 Å². The summed E-state index contributed by atoms with van der Waals surface area (Å²) in [7, 11) is 0. The first kappa shape index (κ1) is 13.4.